The number of carbonyl (C=O) groups excluding carboxylic acids is 2. The molecule has 0 aromatic heterocycles. The molecular formula is C22H32N2O3. The fraction of sp³-hybridized carbons (Fsp3) is 0.636. The van der Waals surface area contributed by atoms with Gasteiger partial charge in [0, 0.05) is 46.3 Å². The van der Waals surface area contributed by atoms with Crippen LogP contribution in [0.15, 0.2) is 24.3 Å². The summed E-state index contributed by atoms with van der Waals surface area (Å²) >= 11 is 0. The Labute approximate surface area is 162 Å². The van der Waals surface area contributed by atoms with E-state index in [2.05, 4.69) is 19.1 Å². The standard InChI is InChI=1S/C22H32N2O3/c1-18-5-3-6-19(15-18)16-21(26)23-12-9-22(10-13-23)8-7-20(25)24(17-22)11-4-14-27-2/h3,5-6,15H,4,7-14,16-17H2,1-2H3. The van der Waals surface area contributed by atoms with Crippen molar-refractivity contribution in [3.63, 3.8) is 0 Å². The Hall–Kier alpha value is -1.88. The van der Waals surface area contributed by atoms with E-state index in [9.17, 15) is 9.59 Å². The van der Waals surface area contributed by atoms with Gasteiger partial charge in [-0.05, 0) is 43.6 Å². The number of nitrogens with zero attached hydrogens (tertiary/aromatic N) is 2. The Morgan fingerprint density at radius 1 is 1.22 bits per heavy atom. The molecule has 1 aromatic rings. The van der Waals surface area contributed by atoms with Crippen molar-refractivity contribution >= 4 is 11.8 Å². The molecular weight excluding hydrogens is 340 g/mol. The molecule has 3 rings (SSSR count). The van der Waals surface area contributed by atoms with Crippen molar-refractivity contribution in [1.29, 1.82) is 0 Å². The van der Waals surface area contributed by atoms with Crippen LogP contribution in [0.25, 0.3) is 0 Å². The summed E-state index contributed by atoms with van der Waals surface area (Å²) < 4.78 is 5.12. The van der Waals surface area contributed by atoms with E-state index in [0.29, 0.717) is 19.4 Å². The second-order valence-corrected chi connectivity index (χ2v) is 8.21. The first-order valence-corrected chi connectivity index (χ1v) is 10.1. The van der Waals surface area contributed by atoms with Gasteiger partial charge in [-0.25, -0.2) is 0 Å². The highest BCUT2D eigenvalue weighted by atomic mass is 16.5. The lowest BCUT2D eigenvalue weighted by molar-refractivity contribution is -0.142. The fourth-order valence-electron chi connectivity index (χ4n) is 4.45. The molecule has 1 spiro atoms. The number of ether oxygens (including phenoxy) is 1. The second-order valence-electron chi connectivity index (χ2n) is 8.21. The van der Waals surface area contributed by atoms with Crippen LogP contribution >= 0.6 is 0 Å². The molecule has 0 unspecified atom stereocenters. The van der Waals surface area contributed by atoms with Gasteiger partial charge in [0.1, 0.15) is 0 Å². The molecule has 1 aromatic carbocycles. The van der Waals surface area contributed by atoms with E-state index < -0.39 is 0 Å². The van der Waals surface area contributed by atoms with E-state index in [1.807, 2.05) is 21.9 Å². The fourth-order valence-corrected chi connectivity index (χ4v) is 4.45. The highest BCUT2D eigenvalue weighted by molar-refractivity contribution is 5.79. The highest BCUT2D eigenvalue weighted by Gasteiger charge is 2.41. The molecule has 0 bridgehead atoms. The van der Waals surface area contributed by atoms with Crippen LogP contribution in [0.5, 0.6) is 0 Å². The third-order valence-electron chi connectivity index (χ3n) is 6.14. The predicted molar refractivity (Wildman–Crippen MR) is 105 cm³/mol. The quantitative estimate of drug-likeness (QED) is 0.722. The minimum atomic E-state index is 0.196. The maximum absolute atomic E-state index is 12.7. The molecule has 0 aliphatic carbocycles. The van der Waals surface area contributed by atoms with Crippen LogP contribution in [-0.4, -0.2) is 61.5 Å². The summed E-state index contributed by atoms with van der Waals surface area (Å²) in [5, 5.41) is 0. The van der Waals surface area contributed by atoms with E-state index in [4.69, 9.17) is 4.74 Å². The summed E-state index contributed by atoms with van der Waals surface area (Å²) in [6.45, 7) is 5.99. The molecule has 2 aliphatic rings. The van der Waals surface area contributed by atoms with Crippen LogP contribution in [0.3, 0.4) is 0 Å². The Kier molecular flexibility index (Phi) is 6.53. The van der Waals surface area contributed by atoms with Gasteiger partial charge in [-0.15, -0.1) is 0 Å². The number of methoxy groups -OCH3 is 1. The molecule has 2 aliphatic heterocycles. The Balaban J connectivity index is 1.52. The summed E-state index contributed by atoms with van der Waals surface area (Å²) in [7, 11) is 1.70. The summed E-state index contributed by atoms with van der Waals surface area (Å²) in [6, 6.07) is 8.19. The maximum Gasteiger partial charge on any atom is 0.226 e. The second kappa shape index (κ2) is 8.87. The third kappa shape index (κ3) is 5.10. The van der Waals surface area contributed by atoms with Gasteiger partial charge in [0.2, 0.25) is 11.8 Å². The molecule has 5 heteroatoms. The molecule has 2 heterocycles. The SMILES string of the molecule is COCCCN1CC2(CCC1=O)CCN(C(=O)Cc1cccc(C)c1)CC2. The Morgan fingerprint density at radius 3 is 2.70 bits per heavy atom. The number of aryl methyl sites for hydroxylation is 1. The molecule has 2 fully saturated rings. The average molecular weight is 373 g/mol. The van der Waals surface area contributed by atoms with Gasteiger partial charge >= 0.3 is 0 Å². The van der Waals surface area contributed by atoms with E-state index in [1.165, 1.54) is 5.56 Å². The Morgan fingerprint density at radius 2 is 2.00 bits per heavy atom. The largest absolute Gasteiger partial charge is 0.385 e. The zero-order valence-corrected chi connectivity index (χ0v) is 16.7. The summed E-state index contributed by atoms with van der Waals surface area (Å²) in [4.78, 5) is 29.0. The molecule has 0 saturated carbocycles. The van der Waals surface area contributed by atoms with Gasteiger partial charge in [-0.2, -0.15) is 0 Å². The molecule has 27 heavy (non-hydrogen) atoms. The zero-order valence-electron chi connectivity index (χ0n) is 16.7. The molecule has 2 amide bonds. The van der Waals surface area contributed by atoms with Crippen LogP contribution < -0.4 is 0 Å². The van der Waals surface area contributed by atoms with Crippen molar-refractivity contribution in [1.82, 2.24) is 9.80 Å². The van der Waals surface area contributed by atoms with Gasteiger partial charge < -0.3 is 14.5 Å². The molecule has 0 atom stereocenters. The zero-order chi connectivity index (χ0) is 19.3. The molecule has 0 radical (unpaired) electrons. The number of amides is 2. The number of likely N-dealkylation sites (tertiary alicyclic amines) is 2. The summed E-state index contributed by atoms with van der Waals surface area (Å²) in [5.41, 5.74) is 2.48. The van der Waals surface area contributed by atoms with Gasteiger partial charge in [-0.1, -0.05) is 29.8 Å². The van der Waals surface area contributed by atoms with Crippen molar-refractivity contribution in [2.75, 3.05) is 39.9 Å². The first-order valence-electron chi connectivity index (χ1n) is 10.1. The molecule has 0 N–H and O–H groups in total. The van der Waals surface area contributed by atoms with Crippen molar-refractivity contribution in [3.05, 3.63) is 35.4 Å². The number of carbonyl (C=O) groups is 2. The number of benzene rings is 1. The van der Waals surface area contributed by atoms with E-state index in [0.717, 1.165) is 57.4 Å². The predicted octanol–water partition coefficient (Wildman–Crippen LogP) is 2.81. The monoisotopic (exact) mass is 372 g/mol. The van der Waals surface area contributed by atoms with Crippen LogP contribution in [0.1, 0.15) is 43.2 Å². The average Bonchev–Trinajstić information content (AvgIpc) is 2.65. The van der Waals surface area contributed by atoms with E-state index in [1.54, 1.807) is 7.11 Å². The van der Waals surface area contributed by atoms with Crippen molar-refractivity contribution in [2.45, 2.75) is 45.4 Å². The third-order valence-corrected chi connectivity index (χ3v) is 6.14. The van der Waals surface area contributed by atoms with Gasteiger partial charge in [0.15, 0.2) is 0 Å². The Bertz CT molecular complexity index is 665. The molecule has 5 nitrogen and oxygen atoms in total. The van der Waals surface area contributed by atoms with Crippen molar-refractivity contribution in [3.8, 4) is 0 Å². The smallest absolute Gasteiger partial charge is 0.226 e. The lowest BCUT2D eigenvalue weighted by atomic mass is 9.72. The highest BCUT2D eigenvalue weighted by Crippen LogP contribution is 2.40. The first-order chi connectivity index (χ1) is 13.0. The topological polar surface area (TPSA) is 49.9 Å². The van der Waals surface area contributed by atoms with E-state index in [-0.39, 0.29) is 17.2 Å². The van der Waals surface area contributed by atoms with Crippen molar-refractivity contribution < 1.29 is 14.3 Å². The maximum atomic E-state index is 12.7. The van der Waals surface area contributed by atoms with Crippen LogP contribution in [0, 0.1) is 12.3 Å². The lowest BCUT2D eigenvalue weighted by Gasteiger charge is -2.47. The van der Waals surface area contributed by atoms with Crippen molar-refractivity contribution in [2.24, 2.45) is 5.41 Å². The first kappa shape index (κ1) is 19.9. The normalized spacial score (nSPS) is 19.6. The van der Waals surface area contributed by atoms with Crippen LogP contribution in [-0.2, 0) is 20.7 Å². The summed E-state index contributed by atoms with van der Waals surface area (Å²) in [5.74, 6) is 0.494. The molecule has 2 saturated heterocycles. The minimum Gasteiger partial charge on any atom is -0.385 e. The number of piperidine rings is 2. The minimum absolute atomic E-state index is 0.196. The molecule has 148 valence electrons. The number of hydrogen-bond donors (Lipinski definition) is 0. The van der Waals surface area contributed by atoms with Gasteiger partial charge in [0.05, 0.1) is 6.42 Å². The summed E-state index contributed by atoms with van der Waals surface area (Å²) in [6.07, 6.45) is 4.98. The van der Waals surface area contributed by atoms with E-state index >= 15 is 0 Å². The number of rotatable bonds is 6. The lowest BCUT2D eigenvalue weighted by Crippen LogP contribution is -2.52. The van der Waals surface area contributed by atoms with Crippen LogP contribution in [0.4, 0.5) is 0 Å². The van der Waals surface area contributed by atoms with Gasteiger partial charge in [-0.3, -0.25) is 9.59 Å². The van der Waals surface area contributed by atoms with Gasteiger partial charge in [0.25, 0.3) is 0 Å². The van der Waals surface area contributed by atoms with Crippen LogP contribution in [0.2, 0.25) is 0 Å². The number of hydrogen-bond acceptors (Lipinski definition) is 3.